The third-order valence-electron chi connectivity index (χ3n) is 11.8. The molecule has 0 aromatic carbocycles. The lowest BCUT2D eigenvalue weighted by molar-refractivity contribution is -0.870. The highest BCUT2D eigenvalue weighted by Gasteiger charge is 2.21. The summed E-state index contributed by atoms with van der Waals surface area (Å²) in [4.78, 5) is 37.8. The minimum absolute atomic E-state index is 0.0391. The molecule has 0 aromatic heterocycles. The van der Waals surface area contributed by atoms with Gasteiger partial charge in [-0.2, -0.15) is 0 Å². The summed E-state index contributed by atoms with van der Waals surface area (Å²) in [6.07, 6.45) is 58.7. The minimum atomic E-state index is -4.64. The van der Waals surface area contributed by atoms with Crippen molar-refractivity contribution in [2.75, 3.05) is 47.5 Å². The molecule has 0 rings (SSSR count). The first-order chi connectivity index (χ1) is 32.0. The van der Waals surface area contributed by atoms with Gasteiger partial charge in [0.2, 0.25) is 0 Å². The van der Waals surface area contributed by atoms with Crippen LogP contribution in [0.1, 0.15) is 245 Å². The second-order valence-corrected chi connectivity index (χ2v) is 21.0. The van der Waals surface area contributed by atoms with Gasteiger partial charge in [-0.3, -0.25) is 14.2 Å². The topological polar surface area (TPSA) is 111 Å². The molecule has 0 radical (unpaired) electrons. The average molecular weight is 950 g/mol. The molecule has 0 aromatic rings. The fourth-order valence-electron chi connectivity index (χ4n) is 7.53. The Labute approximate surface area is 407 Å². The first kappa shape index (κ1) is 64.0. The van der Waals surface area contributed by atoms with Crippen molar-refractivity contribution < 1.29 is 42.1 Å². The first-order valence-corrected chi connectivity index (χ1v) is 28.8. The number of phosphoric acid groups is 1. The zero-order chi connectivity index (χ0) is 48.5. The van der Waals surface area contributed by atoms with Crippen molar-refractivity contribution in [3.63, 3.8) is 0 Å². The highest BCUT2D eigenvalue weighted by molar-refractivity contribution is 7.45. The SMILES string of the molecule is CCCCC/C=C/C/C=C/CCCCCCCCCCCC(=O)OC[C@H](COP(=O)([O-])OCC[N+](C)(C)C)OC(=O)CCC/C=C/CC/C=C/CCCCCCCCCCCCCCCC. The lowest BCUT2D eigenvalue weighted by atomic mass is 10.0. The third kappa shape index (κ3) is 51.4. The van der Waals surface area contributed by atoms with Crippen LogP contribution in [0.15, 0.2) is 48.6 Å². The second kappa shape index (κ2) is 48.0. The molecule has 386 valence electrons. The van der Waals surface area contributed by atoms with Crippen molar-refractivity contribution >= 4 is 19.8 Å². The molecular weight excluding hydrogens is 846 g/mol. The van der Waals surface area contributed by atoms with Crippen LogP contribution in [0.4, 0.5) is 0 Å². The number of phosphoric ester groups is 1. The Morgan fingerprint density at radius 2 is 0.848 bits per heavy atom. The number of hydrogen-bond acceptors (Lipinski definition) is 8. The van der Waals surface area contributed by atoms with E-state index in [-0.39, 0.29) is 26.1 Å². The largest absolute Gasteiger partial charge is 0.756 e. The van der Waals surface area contributed by atoms with E-state index in [0.29, 0.717) is 17.4 Å². The Bertz CT molecular complexity index is 1260. The van der Waals surface area contributed by atoms with E-state index in [0.717, 1.165) is 64.2 Å². The van der Waals surface area contributed by atoms with E-state index in [4.69, 9.17) is 18.5 Å². The van der Waals surface area contributed by atoms with Gasteiger partial charge in [-0.15, -0.1) is 0 Å². The number of carbonyl (C=O) groups is 2. The Hall–Kier alpha value is -2.03. The van der Waals surface area contributed by atoms with Gasteiger partial charge in [0, 0.05) is 12.8 Å². The molecule has 66 heavy (non-hydrogen) atoms. The van der Waals surface area contributed by atoms with Crippen molar-refractivity contribution in [1.29, 1.82) is 0 Å². The summed E-state index contributed by atoms with van der Waals surface area (Å²) in [5.74, 6) is -0.883. The second-order valence-electron chi connectivity index (χ2n) is 19.6. The van der Waals surface area contributed by atoms with E-state index in [2.05, 4.69) is 62.5 Å². The minimum Gasteiger partial charge on any atom is -0.756 e. The van der Waals surface area contributed by atoms with Gasteiger partial charge in [-0.1, -0.05) is 204 Å². The number of hydrogen-bond donors (Lipinski definition) is 0. The number of unbranched alkanes of at least 4 members (excludes halogenated alkanes) is 28. The average Bonchev–Trinajstić information content (AvgIpc) is 3.27. The Balaban J connectivity index is 4.26. The number of carbonyl (C=O) groups excluding carboxylic acids is 2. The van der Waals surface area contributed by atoms with Gasteiger partial charge in [-0.05, 0) is 77.0 Å². The van der Waals surface area contributed by atoms with Crippen LogP contribution in [0.5, 0.6) is 0 Å². The van der Waals surface area contributed by atoms with Crippen LogP contribution in [-0.2, 0) is 32.7 Å². The molecular formula is C56H104NO8P. The van der Waals surface area contributed by atoms with Crippen molar-refractivity contribution in [2.24, 2.45) is 0 Å². The highest BCUT2D eigenvalue weighted by Crippen LogP contribution is 2.38. The van der Waals surface area contributed by atoms with Gasteiger partial charge in [0.05, 0.1) is 27.7 Å². The van der Waals surface area contributed by atoms with Crippen LogP contribution in [0, 0.1) is 0 Å². The van der Waals surface area contributed by atoms with Crippen LogP contribution in [-0.4, -0.2) is 70.0 Å². The zero-order valence-electron chi connectivity index (χ0n) is 43.6. The maximum absolute atomic E-state index is 12.7. The fraction of sp³-hybridized carbons (Fsp3) is 0.821. The van der Waals surface area contributed by atoms with Gasteiger partial charge in [0.25, 0.3) is 7.82 Å². The maximum atomic E-state index is 12.7. The lowest BCUT2D eigenvalue weighted by Crippen LogP contribution is -2.37. The molecule has 0 spiro atoms. The van der Waals surface area contributed by atoms with Crippen molar-refractivity contribution in [3.8, 4) is 0 Å². The van der Waals surface area contributed by atoms with Gasteiger partial charge < -0.3 is 27.9 Å². The number of ether oxygens (including phenoxy) is 2. The summed E-state index contributed by atoms with van der Waals surface area (Å²) in [6.45, 7) is 4.19. The summed E-state index contributed by atoms with van der Waals surface area (Å²) in [7, 11) is 1.14. The molecule has 0 fully saturated rings. The first-order valence-electron chi connectivity index (χ1n) is 27.3. The Morgan fingerprint density at radius 1 is 0.470 bits per heavy atom. The zero-order valence-corrected chi connectivity index (χ0v) is 44.5. The smallest absolute Gasteiger partial charge is 0.306 e. The molecule has 0 aliphatic heterocycles. The molecule has 9 nitrogen and oxygen atoms in total. The van der Waals surface area contributed by atoms with Gasteiger partial charge >= 0.3 is 11.9 Å². The Morgan fingerprint density at radius 3 is 1.33 bits per heavy atom. The quantitative estimate of drug-likeness (QED) is 0.0195. The number of allylic oxidation sites excluding steroid dienone is 8. The lowest BCUT2D eigenvalue weighted by Gasteiger charge is -2.28. The van der Waals surface area contributed by atoms with E-state index in [9.17, 15) is 19.0 Å². The number of rotatable bonds is 50. The normalized spacial score (nSPS) is 13.7. The van der Waals surface area contributed by atoms with Crippen LogP contribution in [0.3, 0.4) is 0 Å². The Kier molecular flexibility index (Phi) is 46.5. The molecule has 0 bridgehead atoms. The van der Waals surface area contributed by atoms with Gasteiger partial charge in [-0.25, -0.2) is 0 Å². The molecule has 0 saturated carbocycles. The van der Waals surface area contributed by atoms with Gasteiger partial charge in [0.1, 0.15) is 19.8 Å². The predicted molar refractivity (Wildman–Crippen MR) is 277 cm³/mol. The maximum Gasteiger partial charge on any atom is 0.306 e. The number of quaternary nitrogens is 1. The molecule has 0 aliphatic rings. The van der Waals surface area contributed by atoms with Crippen molar-refractivity contribution in [2.45, 2.75) is 251 Å². The molecule has 10 heteroatoms. The van der Waals surface area contributed by atoms with E-state index >= 15 is 0 Å². The predicted octanol–water partition coefficient (Wildman–Crippen LogP) is 16.0. The van der Waals surface area contributed by atoms with E-state index in [1.54, 1.807) is 0 Å². The van der Waals surface area contributed by atoms with E-state index in [1.807, 2.05) is 21.1 Å². The molecule has 0 aliphatic carbocycles. The fourth-order valence-corrected chi connectivity index (χ4v) is 8.26. The van der Waals surface area contributed by atoms with E-state index in [1.165, 1.54) is 148 Å². The van der Waals surface area contributed by atoms with Crippen LogP contribution in [0.25, 0.3) is 0 Å². The van der Waals surface area contributed by atoms with E-state index < -0.39 is 32.5 Å². The summed E-state index contributed by atoms with van der Waals surface area (Å²) < 4.78 is 34.0. The van der Waals surface area contributed by atoms with Crippen LogP contribution >= 0.6 is 7.82 Å². The van der Waals surface area contributed by atoms with Crippen LogP contribution in [0.2, 0.25) is 0 Å². The molecule has 0 amide bonds. The van der Waals surface area contributed by atoms with Gasteiger partial charge in [0.15, 0.2) is 6.10 Å². The molecule has 0 N–H and O–H groups in total. The molecule has 0 heterocycles. The standard InChI is InChI=1S/C56H104NO8P/c1-6-8-10-12-14-16-18-20-22-24-26-27-28-29-31-33-35-37-39-41-43-45-47-49-56(59)65-54(53-64-66(60,61)63-51-50-57(3,4)5)52-62-55(58)48-46-44-42-40-38-36-34-32-30-25-23-21-19-17-15-13-11-9-7-2/h15,17,21,23,33,35,41,43,54H,6-14,16,18-20,22,24-32,34,36-40,42,44-53H2,1-5H3/b17-15+,23-21+,35-33+,43-41+/t54-/m1/s1. The summed E-state index contributed by atoms with van der Waals surface area (Å²) in [6, 6.07) is 0. The molecule has 2 atom stereocenters. The monoisotopic (exact) mass is 950 g/mol. The summed E-state index contributed by atoms with van der Waals surface area (Å²) >= 11 is 0. The summed E-state index contributed by atoms with van der Waals surface area (Å²) in [5.41, 5.74) is 0. The molecule has 1 unspecified atom stereocenters. The number of likely N-dealkylation sites (N-methyl/N-ethyl adjacent to an activating group) is 1. The molecule has 0 saturated heterocycles. The summed E-state index contributed by atoms with van der Waals surface area (Å²) in [5, 5.41) is 0. The van der Waals surface area contributed by atoms with Crippen molar-refractivity contribution in [3.05, 3.63) is 48.6 Å². The van der Waals surface area contributed by atoms with Crippen LogP contribution < -0.4 is 4.89 Å². The number of nitrogens with zero attached hydrogens (tertiary/aromatic N) is 1. The number of esters is 2. The third-order valence-corrected chi connectivity index (χ3v) is 12.8. The highest BCUT2D eigenvalue weighted by atomic mass is 31.2. The van der Waals surface area contributed by atoms with Crippen molar-refractivity contribution in [1.82, 2.24) is 0 Å².